The third kappa shape index (κ3) is 1.87. The highest BCUT2D eigenvalue weighted by Crippen LogP contribution is 2.25. The molecule has 0 radical (unpaired) electrons. The van der Waals surface area contributed by atoms with E-state index in [0.29, 0.717) is 5.71 Å². The molecule has 10 heavy (non-hydrogen) atoms. The van der Waals surface area contributed by atoms with Gasteiger partial charge in [0, 0.05) is 0 Å². The molecule has 1 unspecified atom stereocenters. The number of halogens is 1. The third-order valence-corrected chi connectivity index (χ3v) is 2.65. The van der Waals surface area contributed by atoms with E-state index >= 15 is 0 Å². The van der Waals surface area contributed by atoms with Gasteiger partial charge in [-0.05, 0) is 19.8 Å². The second kappa shape index (κ2) is 3.24. The van der Waals surface area contributed by atoms with E-state index in [9.17, 15) is 0 Å². The molecular weight excluding hydrogens is 150 g/mol. The van der Waals surface area contributed by atoms with Crippen LogP contribution in [0.1, 0.15) is 27.7 Å². The Hall–Kier alpha value is -0.240. The standard InChI is InChI=1S/C7H14ClNO/c1-5(2)7(4,8)6(3)9-10/h5,10H,1-4H3/b9-6-. The maximum Gasteiger partial charge on any atom is 0.0851 e. The van der Waals surface area contributed by atoms with Crippen LogP contribution in [0.4, 0.5) is 0 Å². The highest BCUT2D eigenvalue weighted by molar-refractivity contribution is 6.35. The fraction of sp³-hybridized carbons (Fsp3) is 0.857. The lowest BCUT2D eigenvalue weighted by molar-refractivity contribution is 0.313. The average molecular weight is 164 g/mol. The van der Waals surface area contributed by atoms with Crippen LogP contribution in [-0.4, -0.2) is 15.8 Å². The van der Waals surface area contributed by atoms with Gasteiger partial charge in [-0.3, -0.25) is 0 Å². The molecule has 0 rings (SSSR count). The maximum atomic E-state index is 8.42. The zero-order valence-electron chi connectivity index (χ0n) is 6.85. The highest BCUT2D eigenvalue weighted by atomic mass is 35.5. The van der Waals surface area contributed by atoms with E-state index in [1.54, 1.807) is 6.92 Å². The summed E-state index contributed by atoms with van der Waals surface area (Å²) in [4.78, 5) is -0.519. The molecule has 0 fully saturated rings. The van der Waals surface area contributed by atoms with Crippen LogP contribution in [0.3, 0.4) is 0 Å². The van der Waals surface area contributed by atoms with Crippen LogP contribution in [0.25, 0.3) is 0 Å². The smallest absolute Gasteiger partial charge is 0.0851 e. The van der Waals surface area contributed by atoms with Crippen LogP contribution in [0.15, 0.2) is 5.16 Å². The summed E-state index contributed by atoms with van der Waals surface area (Å²) < 4.78 is 0. The molecule has 0 spiro atoms. The Kier molecular flexibility index (Phi) is 3.16. The molecular formula is C7H14ClNO. The molecule has 0 aliphatic rings. The molecule has 0 aromatic heterocycles. The van der Waals surface area contributed by atoms with Crippen molar-refractivity contribution in [2.24, 2.45) is 11.1 Å². The first-order chi connectivity index (χ1) is 4.42. The molecule has 0 saturated heterocycles. The molecule has 1 N–H and O–H groups in total. The first kappa shape index (κ1) is 9.76. The lowest BCUT2D eigenvalue weighted by atomic mass is 9.93. The fourth-order valence-corrected chi connectivity index (χ4v) is 0.553. The predicted octanol–water partition coefficient (Wildman–Crippen LogP) is 2.49. The summed E-state index contributed by atoms with van der Waals surface area (Å²) in [6.45, 7) is 7.53. The summed E-state index contributed by atoms with van der Waals surface area (Å²) in [5, 5.41) is 11.5. The second-order valence-electron chi connectivity index (χ2n) is 2.92. The molecule has 0 aliphatic carbocycles. The molecule has 60 valence electrons. The van der Waals surface area contributed by atoms with Crippen molar-refractivity contribution in [3.05, 3.63) is 0 Å². The minimum absolute atomic E-state index is 0.269. The molecule has 0 bridgehead atoms. The van der Waals surface area contributed by atoms with Crippen molar-refractivity contribution >= 4 is 17.3 Å². The summed E-state index contributed by atoms with van der Waals surface area (Å²) in [5.74, 6) is 0.269. The van der Waals surface area contributed by atoms with Gasteiger partial charge in [0.1, 0.15) is 0 Å². The highest BCUT2D eigenvalue weighted by Gasteiger charge is 2.28. The maximum absolute atomic E-state index is 8.42. The van der Waals surface area contributed by atoms with Crippen LogP contribution in [0.2, 0.25) is 0 Å². The van der Waals surface area contributed by atoms with E-state index in [0.717, 1.165) is 0 Å². The normalized spacial score (nSPS) is 19.2. The number of rotatable bonds is 2. The van der Waals surface area contributed by atoms with Gasteiger partial charge in [0.05, 0.1) is 10.6 Å². The first-order valence-corrected chi connectivity index (χ1v) is 3.68. The van der Waals surface area contributed by atoms with Gasteiger partial charge in [-0.2, -0.15) is 0 Å². The van der Waals surface area contributed by atoms with Gasteiger partial charge >= 0.3 is 0 Å². The predicted molar refractivity (Wildman–Crippen MR) is 44.0 cm³/mol. The van der Waals surface area contributed by atoms with Gasteiger partial charge in [-0.15, -0.1) is 11.6 Å². The Labute approximate surface area is 66.9 Å². The van der Waals surface area contributed by atoms with Crippen LogP contribution in [0, 0.1) is 5.92 Å². The van der Waals surface area contributed by atoms with Crippen molar-refractivity contribution in [3.63, 3.8) is 0 Å². The lowest BCUT2D eigenvalue weighted by Crippen LogP contribution is -2.32. The Morgan fingerprint density at radius 2 is 2.00 bits per heavy atom. The van der Waals surface area contributed by atoms with Crippen molar-refractivity contribution in [1.82, 2.24) is 0 Å². The van der Waals surface area contributed by atoms with Crippen LogP contribution >= 0.6 is 11.6 Å². The number of alkyl halides is 1. The summed E-state index contributed by atoms with van der Waals surface area (Å²) >= 11 is 6.03. The zero-order chi connectivity index (χ0) is 8.36. The van der Waals surface area contributed by atoms with Crippen LogP contribution in [0.5, 0.6) is 0 Å². The Morgan fingerprint density at radius 3 is 2.10 bits per heavy atom. The van der Waals surface area contributed by atoms with Crippen molar-refractivity contribution < 1.29 is 5.21 Å². The molecule has 1 atom stereocenters. The molecule has 3 heteroatoms. The van der Waals surface area contributed by atoms with Gasteiger partial charge in [-0.1, -0.05) is 19.0 Å². The molecule has 0 heterocycles. The van der Waals surface area contributed by atoms with E-state index in [1.807, 2.05) is 20.8 Å². The van der Waals surface area contributed by atoms with Gasteiger partial charge in [0.2, 0.25) is 0 Å². The molecule has 0 aliphatic heterocycles. The van der Waals surface area contributed by atoms with E-state index < -0.39 is 4.87 Å². The van der Waals surface area contributed by atoms with E-state index in [2.05, 4.69) is 5.16 Å². The molecule has 0 aromatic carbocycles. The van der Waals surface area contributed by atoms with Crippen molar-refractivity contribution in [2.45, 2.75) is 32.6 Å². The first-order valence-electron chi connectivity index (χ1n) is 3.31. The fourth-order valence-electron chi connectivity index (χ4n) is 0.516. The minimum Gasteiger partial charge on any atom is -0.411 e. The van der Waals surface area contributed by atoms with Crippen molar-refractivity contribution in [2.75, 3.05) is 0 Å². The zero-order valence-corrected chi connectivity index (χ0v) is 7.61. The summed E-state index contributed by atoms with van der Waals surface area (Å²) in [6, 6.07) is 0. The largest absolute Gasteiger partial charge is 0.411 e. The number of oxime groups is 1. The molecule has 0 saturated carbocycles. The van der Waals surface area contributed by atoms with E-state index in [-0.39, 0.29) is 5.92 Å². The molecule has 0 amide bonds. The topological polar surface area (TPSA) is 32.6 Å². The second-order valence-corrected chi connectivity index (χ2v) is 3.70. The van der Waals surface area contributed by atoms with E-state index in [4.69, 9.17) is 16.8 Å². The average Bonchev–Trinajstić information content (AvgIpc) is 1.86. The SMILES string of the molecule is C/C(=N/O)C(C)(Cl)C(C)C. The van der Waals surface area contributed by atoms with Gasteiger partial charge in [0.15, 0.2) is 0 Å². The van der Waals surface area contributed by atoms with Crippen molar-refractivity contribution in [3.8, 4) is 0 Å². The number of hydrogen-bond acceptors (Lipinski definition) is 2. The summed E-state index contributed by atoms with van der Waals surface area (Å²) in [6.07, 6.45) is 0. The Morgan fingerprint density at radius 1 is 1.60 bits per heavy atom. The van der Waals surface area contributed by atoms with Gasteiger partial charge < -0.3 is 5.21 Å². The monoisotopic (exact) mass is 163 g/mol. The van der Waals surface area contributed by atoms with Crippen molar-refractivity contribution in [1.29, 1.82) is 0 Å². The molecule has 0 aromatic rings. The quantitative estimate of drug-likeness (QED) is 0.289. The Bertz CT molecular complexity index is 141. The lowest BCUT2D eigenvalue weighted by Gasteiger charge is -2.24. The van der Waals surface area contributed by atoms with Crippen LogP contribution < -0.4 is 0 Å². The third-order valence-electron chi connectivity index (χ3n) is 1.94. The number of nitrogens with zero attached hydrogens (tertiary/aromatic N) is 1. The van der Waals surface area contributed by atoms with Gasteiger partial charge in [-0.25, -0.2) is 0 Å². The van der Waals surface area contributed by atoms with E-state index in [1.165, 1.54) is 0 Å². The number of hydrogen-bond donors (Lipinski definition) is 1. The van der Waals surface area contributed by atoms with Gasteiger partial charge in [0.25, 0.3) is 0 Å². The molecule has 2 nitrogen and oxygen atoms in total. The summed E-state index contributed by atoms with van der Waals surface area (Å²) in [7, 11) is 0. The minimum atomic E-state index is -0.519. The Balaban J connectivity index is 4.40. The van der Waals surface area contributed by atoms with Crippen LogP contribution in [-0.2, 0) is 0 Å². The summed E-state index contributed by atoms with van der Waals surface area (Å²) in [5.41, 5.74) is 0.559.